The quantitative estimate of drug-likeness (QED) is 0.619. The second-order valence-corrected chi connectivity index (χ2v) is 7.10. The molecule has 0 bridgehead atoms. The number of benzene rings is 2. The molecule has 2 aliphatic carbocycles. The molecule has 0 saturated carbocycles. The summed E-state index contributed by atoms with van der Waals surface area (Å²) >= 11 is 0. The van der Waals surface area contributed by atoms with Crippen LogP contribution < -0.4 is 0 Å². The second-order valence-electron chi connectivity index (χ2n) is 7.10. The minimum Gasteiger partial charge on any atom is -0.0587 e. The number of fused-ring (bicyclic) bond motifs is 5. The fourth-order valence-electron chi connectivity index (χ4n) is 4.33. The van der Waals surface area contributed by atoms with Crippen LogP contribution in [0.5, 0.6) is 0 Å². The van der Waals surface area contributed by atoms with E-state index in [1.807, 2.05) is 0 Å². The Morgan fingerprint density at radius 3 is 2.45 bits per heavy atom. The molecule has 2 aromatic carbocycles. The number of rotatable bonds is 0. The molecular weight excluding hydrogens is 240 g/mol. The van der Waals surface area contributed by atoms with E-state index in [1.54, 1.807) is 22.3 Å². The molecule has 0 spiro atoms. The molecule has 0 aliphatic heterocycles. The summed E-state index contributed by atoms with van der Waals surface area (Å²) in [4.78, 5) is 0. The predicted molar refractivity (Wildman–Crippen MR) is 85.5 cm³/mol. The average molecular weight is 262 g/mol. The van der Waals surface area contributed by atoms with Crippen molar-refractivity contribution < 1.29 is 0 Å². The molecule has 0 heterocycles. The number of aryl methyl sites for hydroxylation is 2. The van der Waals surface area contributed by atoms with Gasteiger partial charge in [-0.25, -0.2) is 0 Å². The monoisotopic (exact) mass is 262 g/mol. The highest BCUT2D eigenvalue weighted by Gasteiger charge is 2.38. The van der Waals surface area contributed by atoms with Crippen molar-refractivity contribution in [3.63, 3.8) is 0 Å². The summed E-state index contributed by atoms with van der Waals surface area (Å²) in [5.41, 5.74) is 12.5. The molecule has 102 valence electrons. The van der Waals surface area contributed by atoms with Crippen molar-refractivity contribution in [2.45, 2.75) is 52.4 Å². The van der Waals surface area contributed by atoms with Crippen LogP contribution in [0.15, 0.2) is 24.3 Å². The van der Waals surface area contributed by atoms with E-state index in [0.29, 0.717) is 0 Å². The summed E-state index contributed by atoms with van der Waals surface area (Å²) in [6, 6.07) is 9.48. The third-order valence-corrected chi connectivity index (χ3v) is 5.42. The van der Waals surface area contributed by atoms with Crippen LogP contribution in [0.1, 0.15) is 53.6 Å². The van der Waals surface area contributed by atoms with Crippen molar-refractivity contribution in [3.8, 4) is 11.1 Å². The molecule has 0 N–H and O–H groups in total. The smallest absolute Gasteiger partial charge is 0.0159 e. The predicted octanol–water partition coefficient (Wildman–Crippen LogP) is 5.10. The zero-order valence-corrected chi connectivity index (χ0v) is 12.9. The van der Waals surface area contributed by atoms with Gasteiger partial charge in [0, 0.05) is 5.41 Å². The Bertz CT molecular complexity index is 732. The first kappa shape index (κ1) is 12.2. The van der Waals surface area contributed by atoms with E-state index in [0.717, 1.165) is 0 Å². The zero-order valence-electron chi connectivity index (χ0n) is 12.9. The van der Waals surface area contributed by atoms with Crippen molar-refractivity contribution in [2.24, 2.45) is 0 Å². The van der Waals surface area contributed by atoms with Crippen LogP contribution in [-0.2, 0) is 18.3 Å². The highest BCUT2D eigenvalue weighted by Crippen LogP contribution is 2.52. The van der Waals surface area contributed by atoms with Gasteiger partial charge in [0.1, 0.15) is 0 Å². The first-order chi connectivity index (χ1) is 9.50. The molecule has 0 radical (unpaired) electrons. The fraction of sp³-hybridized carbons (Fsp3) is 0.400. The van der Waals surface area contributed by atoms with Gasteiger partial charge in [-0.2, -0.15) is 0 Å². The van der Waals surface area contributed by atoms with Gasteiger partial charge in [-0.3, -0.25) is 0 Å². The van der Waals surface area contributed by atoms with Crippen LogP contribution in [0, 0.1) is 13.8 Å². The van der Waals surface area contributed by atoms with Gasteiger partial charge in [0.15, 0.2) is 0 Å². The van der Waals surface area contributed by atoms with Gasteiger partial charge >= 0.3 is 0 Å². The third-order valence-electron chi connectivity index (χ3n) is 5.42. The molecule has 2 aliphatic rings. The zero-order chi connectivity index (χ0) is 14.1. The Labute approximate surface area is 121 Å². The first-order valence-electron chi connectivity index (χ1n) is 7.77. The fourth-order valence-corrected chi connectivity index (χ4v) is 4.33. The summed E-state index contributed by atoms with van der Waals surface area (Å²) in [6.45, 7) is 9.28. The molecule has 0 fully saturated rings. The highest BCUT2D eigenvalue weighted by molar-refractivity contribution is 5.85. The molecule has 0 nitrogen and oxygen atoms in total. The van der Waals surface area contributed by atoms with Gasteiger partial charge in [-0.1, -0.05) is 43.7 Å². The molecule has 0 saturated heterocycles. The van der Waals surface area contributed by atoms with Crippen LogP contribution in [0.4, 0.5) is 0 Å². The average Bonchev–Trinajstić information content (AvgIpc) is 2.95. The van der Waals surface area contributed by atoms with Crippen LogP contribution in [0.2, 0.25) is 0 Å². The lowest BCUT2D eigenvalue weighted by atomic mass is 9.80. The van der Waals surface area contributed by atoms with Crippen LogP contribution >= 0.6 is 0 Å². The van der Waals surface area contributed by atoms with Crippen molar-refractivity contribution in [3.05, 3.63) is 57.6 Å². The summed E-state index contributed by atoms with van der Waals surface area (Å²) in [5.74, 6) is 0. The summed E-state index contributed by atoms with van der Waals surface area (Å²) < 4.78 is 0. The molecule has 2 aromatic rings. The van der Waals surface area contributed by atoms with E-state index in [2.05, 4.69) is 52.0 Å². The Balaban J connectivity index is 2.13. The number of hydrogen-bond donors (Lipinski definition) is 0. The molecule has 0 amide bonds. The van der Waals surface area contributed by atoms with Gasteiger partial charge in [-0.05, 0) is 72.1 Å². The Hall–Kier alpha value is -1.56. The lowest BCUT2D eigenvalue weighted by molar-refractivity contribution is 0.658. The summed E-state index contributed by atoms with van der Waals surface area (Å²) in [7, 11) is 0. The largest absolute Gasteiger partial charge is 0.0587 e. The van der Waals surface area contributed by atoms with E-state index in [9.17, 15) is 0 Å². The van der Waals surface area contributed by atoms with E-state index < -0.39 is 0 Å². The van der Waals surface area contributed by atoms with Gasteiger partial charge in [0.25, 0.3) is 0 Å². The number of hydrogen-bond acceptors (Lipinski definition) is 0. The SMILES string of the molecule is Cc1ccc2c(c1)C(C)(C)c1cc(C)c3c(c1-2)CCC3. The van der Waals surface area contributed by atoms with Crippen molar-refractivity contribution >= 4 is 0 Å². The second kappa shape index (κ2) is 3.75. The molecular formula is C20H22. The van der Waals surface area contributed by atoms with Gasteiger partial charge in [0.2, 0.25) is 0 Å². The van der Waals surface area contributed by atoms with Crippen LogP contribution in [0.25, 0.3) is 11.1 Å². The van der Waals surface area contributed by atoms with Crippen molar-refractivity contribution in [1.29, 1.82) is 0 Å². The maximum Gasteiger partial charge on any atom is 0.0159 e. The molecule has 0 unspecified atom stereocenters. The van der Waals surface area contributed by atoms with E-state index in [4.69, 9.17) is 0 Å². The third kappa shape index (κ3) is 1.37. The Morgan fingerprint density at radius 2 is 1.65 bits per heavy atom. The Kier molecular flexibility index (Phi) is 2.29. The lowest BCUT2D eigenvalue weighted by Crippen LogP contribution is -2.15. The normalized spacial score (nSPS) is 17.8. The molecule has 0 aromatic heterocycles. The molecule has 4 rings (SSSR count). The van der Waals surface area contributed by atoms with Crippen LogP contribution in [0.3, 0.4) is 0 Å². The molecule has 0 heteroatoms. The first-order valence-corrected chi connectivity index (χ1v) is 7.77. The standard InChI is InChI=1S/C20H22/c1-12-8-9-16-17(10-12)20(3,4)18-11-13(2)14-6-5-7-15(14)19(16)18/h8-11H,5-7H2,1-4H3. The highest BCUT2D eigenvalue weighted by atomic mass is 14.4. The van der Waals surface area contributed by atoms with Crippen molar-refractivity contribution in [2.75, 3.05) is 0 Å². The molecule has 20 heavy (non-hydrogen) atoms. The van der Waals surface area contributed by atoms with Crippen LogP contribution in [-0.4, -0.2) is 0 Å². The van der Waals surface area contributed by atoms with E-state index in [1.165, 1.54) is 41.5 Å². The maximum absolute atomic E-state index is 2.47. The van der Waals surface area contributed by atoms with Gasteiger partial charge < -0.3 is 0 Å². The Morgan fingerprint density at radius 1 is 0.900 bits per heavy atom. The summed E-state index contributed by atoms with van der Waals surface area (Å²) in [5, 5.41) is 0. The molecule has 0 atom stereocenters. The maximum atomic E-state index is 2.47. The summed E-state index contributed by atoms with van der Waals surface area (Å²) in [6.07, 6.45) is 3.87. The van der Waals surface area contributed by atoms with E-state index in [-0.39, 0.29) is 5.41 Å². The van der Waals surface area contributed by atoms with E-state index >= 15 is 0 Å². The lowest BCUT2D eigenvalue weighted by Gasteiger charge is -2.23. The topological polar surface area (TPSA) is 0 Å². The van der Waals surface area contributed by atoms with Gasteiger partial charge in [-0.15, -0.1) is 0 Å². The van der Waals surface area contributed by atoms with Gasteiger partial charge in [0.05, 0.1) is 0 Å². The minimum atomic E-state index is 0.152. The minimum absolute atomic E-state index is 0.152. The van der Waals surface area contributed by atoms with Crippen molar-refractivity contribution in [1.82, 2.24) is 0 Å².